The van der Waals surface area contributed by atoms with Crippen molar-refractivity contribution in [1.82, 2.24) is 10.2 Å². The summed E-state index contributed by atoms with van der Waals surface area (Å²) in [5.74, 6) is 5.48. The average molecular weight is 512 g/mol. The van der Waals surface area contributed by atoms with Crippen molar-refractivity contribution >= 4 is 34.7 Å². The number of hydrogen-bond donors (Lipinski definition) is 3. The topological polar surface area (TPSA) is 93.1 Å². The monoisotopic (exact) mass is 511 g/mol. The first-order valence-electron chi connectivity index (χ1n) is 12.1. The number of nitrogens with one attached hydrogen (secondary N) is 1. The Balaban J connectivity index is 1.67. The number of hydrogen-bond acceptors (Lipinski definition) is 3. The highest BCUT2D eigenvalue weighted by molar-refractivity contribution is 6.32. The van der Waals surface area contributed by atoms with Crippen LogP contribution in [0.2, 0.25) is 5.02 Å². The number of nitrogens with zero attached hydrogens (tertiary/aromatic N) is 2. The second-order valence-corrected chi connectivity index (χ2v) is 9.52. The van der Waals surface area contributed by atoms with Crippen molar-refractivity contribution in [2.45, 2.75) is 19.3 Å². The van der Waals surface area contributed by atoms with Gasteiger partial charge in [-0.1, -0.05) is 78.7 Å². The minimum atomic E-state index is -0.343. The van der Waals surface area contributed by atoms with Crippen LogP contribution >= 0.6 is 11.6 Å². The van der Waals surface area contributed by atoms with Crippen LogP contribution in [0, 0.1) is 11.7 Å². The Labute approximate surface area is 220 Å². The number of hydrazone groups is 1. The Hall–Kier alpha value is -4.16. The molecule has 5 rings (SSSR count). The van der Waals surface area contributed by atoms with Crippen molar-refractivity contribution in [2.24, 2.45) is 22.6 Å². The number of benzene rings is 3. The normalized spacial score (nSPS) is 15.0. The molecule has 1 aliphatic rings. The average Bonchev–Trinajstić information content (AvgIpc) is 3.42. The molecule has 1 heterocycles. The molecule has 37 heavy (non-hydrogen) atoms. The van der Waals surface area contributed by atoms with Crippen molar-refractivity contribution in [3.8, 4) is 11.1 Å². The summed E-state index contributed by atoms with van der Waals surface area (Å²) in [7, 11) is 0. The number of amidine groups is 1. The minimum Gasteiger partial charge on any atom is -0.382 e. The van der Waals surface area contributed by atoms with Crippen LogP contribution in [-0.2, 0) is 0 Å². The van der Waals surface area contributed by atoms with Gasteiger partial charge in [0.2, 0.25) is 0 Å². The van der Waals surface area contributed by atoms with Crippen LogP contribution in [0.5, 0.6) is 0 Å². The SMILES string of the molecule is N/N=C(N)/C=C/c1ccc(/C(=C(\c2ccc(F)cc2Cl)C2CCC2)c2ccc(-c3cn[nH]c3)cc2)cc1. The number of halogens is 2. The number of aromatic amines is 1. The molecule has 0 saturated heterocycles. The zero-order valence-electron chi connectivity index (χ0n) is 20.2. The predicted molar refractivity (Wildman–Crippen MR) is 150 cm³/mol. The van der Waals surface area contributed by atoms with Crippen LogP contribution in [-0.4, -0.2) is 16.0 Å². The van der Waals surface area contributed by atoms with Gasteiger partial charge in [-0.15, -0.1) is 0 Å². The number of H-pyrrole nitrogens is 1. The van der Waals surface area contributed by atoms with Crippen LogP contribution in [0.25, 0.3) is 28.3 Å². The molecule has 0 atom stereocenters. The fraction of sp³-hybridized carbons (Fsp3) is 0.133. The molecule has 0 radical (unpaired) electrons. The molecule has 4 aromatic rings. The highest BCUT2D eigenvalue weighted by Gasteiger charge is 2.28. The highest BCUT2D eigenvalue weighted by Crippen LogP contribution is 2.47. The van der Waals surface area contributed by atoms with Crippen LogP contribution in [0.4, 0.5) is 4.39 Å². The van der Waals surface area contributed by atoms with Gasteiger partial charge in [0.25, 0.3) is 0 Å². The minimum absolute atomic E-state index is 0.251. The standard InChI is InChI=1S/C30H27ClFN5/c31-27-16-25(32)13-14-26(27)30(21-2-1-3-21)29(22-7-4-19(5-8-22)6-15-28(33)37-34)23-11-9-20(10-12-23)24-17-35-36-18-24/h4-18,21H,1-3,34H2,(H2,33,37)(H,35,36)/b15-6+,30-29+. The van der Waals surface area contributed by atoms with E-state index in [2.05, 4.69) is 51.7 Å². The Bertz CT molecular complexity index is 1470. The van der Waals surface area contributed by atoms with E-state index in [4.69, 9.17) is 23.2 Å². The van der Waals surface area contributed by atoms with Gasteiger partial charge in [0, 0.05) is 11.8 Å². The van der Waals surface area contributed by atoms with E-state index >= 15 is 0 Å². The van der Waals surface area contributed by atoms with Crippen molar-refractivity contribution in [1.29, 1.82) is 0 Å². The fourth-order valence-corrected chi connectivity index (χ4v) is 4.93. The first kappa shape index (κ1) is 24.5. The molecule has 0 bridgehead atoms. The summed E-state index contributed by atoms with van der Waals surface area (Å²) in [4.78, 5) is 0. The van der Waals surface area contributed by atoms with E-state index in [1.54, 1.807) is 18.3 Å². The maximum absolute atomic E-state index is 14.0. The summed E-state index contributed by atoms with van der Waals surface area (Å²) >= 11 is 6.64. The van der Waals surface area contributed by atoms with Crippen molar-refractivity contribution < 1.29 is 4.39 Å². The van der Waals surface area contributed by atoms with Gasteiger partial charge < -0.3 is 11.6 Å². The third kappa shape index (κ3) is 5.34. The molecule has 186 valence electrons. The number of nitrogens with two attached hydrogens (primary N) is 2. The Morgan fingerprint density at radius 1 is 1.00 bits per heavy atom. The number of aromatic nitrogens is 2. The van der Waals surface area contributed by atoms with Gasteiger partial charge in [-0.2, -0.15) is 10.2 Å². The van der Waals surface area contributed by atoms with E-state index in [0.29, 0.717) is 10.9 Å². The molecule has 1 fully saturated rings. The molecule has 0 amide bonds. The first-order valence-corrected chi connectivity index (χ1v) is 12.5. The van der Waals surface area contributed by atoms with Crippen LogP contribution in [0.1, 0.15) is 41.5 Å². The molecule has 0 spiro atoms. The van der Waals surface area contributed by atoms with Crippen LogP contribution < -0.4 is 11.6 Å². The summed E-state index contributed by atoms with van der Waals surface area (Å²) < 4.78 is 14.0. The Morgan fingerprint density at radius 3 is 2.27 bits per heavy atom. The predicted octanol–water partition coefficient (Wildman–Crippen LogP) is 6.87. The molecular formula is C30H27ClFN5. The lowest BCUT2D eigenvalue weighted by Gasteiger charge is -2.32. The molecular weight excluding hydrogens is 485 g/mol. The van der Waals surface area contributed by atoms with Gasteiger partial charge in [0.1, 0.15) is 11.7 Å². The third-order valence-corrected chi connectivity index (χ3v) is 7.12. The van der Waals surface area contributed by atoms with Gasteiger partial charge in [-0.3, -0.25) is 5.10 Å². The molecule has 1 aliphatic carbocycles. The van der Waals surface area contributed by atoms with E-state index in [-0.39, 0.29) is 11.7 Å². The lowest BCUT2D eigenvalue weighted by Crippen LogP contribution is -2.15. The summed E-state index contributed by atoms with van der Waals surface area (Å²) in [5, 5.41) is 10.8. The van der Waals surface area contributed by atoms with Gasteiger partial charge in [-0.25, -0.2) is 4.39 Å². The van der Waals surface area contributed by atoms with Crippen molar-refractivity contribution in [2.75, 3.05) is 0 Å². The number of allylic oxidation sites excluding steroid dienone is 1. The third-order valence-electron chi connectivity index (χ3n) is 6.80. The second kappa shape index (κ2) is 10.8. The lowest BCUT2D eigenvalue weighted by molar-refractivity contribution is 0.401. The molecule has 1 saturated carbocycles. The van der Waals surface area contributed by atoms with E-state index < -0.39 is 0 Å². The van der Waals surface area contributed by atoms with Gasteiger partial charge in [0.15, 0.2) is 0 Å². The first-order chi connectivity index (χ1) is 18.0. The van der Waals surface area contributed by atoms with E-state index in [1.807, 2.05) is 24.4 Å². The van der Waals surface area contributed by atoms with E-state index in [9.17, 15) is 4.39 Å². The summed E-state index contributed by atoms with van der Waals surface area (Å²) in [6.07, 6.45) is 10.5. The molecule has 7 heteroatoms. The summed E-state index contributed by atoms with van der Waals surface area (Å²) in [6.45, 7) is 0. The number of rotatable bonds is 7. The highest BCUT2D eigenvalue weighted by atomic mass is 35.5. The smallest absolute Gasteiger partial charge is 0.142 e. The Kier molecular flexibility index (Phi) is 7.19. The lowest BCUT2D eigenvalue weighted by atomic mass is 9.73. The van der Waals surface area contributed by atoms with E-state index in [0.717, 1.165) is 63.8 Å². The maximum atomic E-state index is 14.0. The zero-order valence-corrected chi connectivity index (χ0v) is 20.9. The molecule has 3 aromatic carbocycles. The molecule has 1 aromatic heterocycles. The zero-order chi connectivity index (χ0) is 25.8. The van der Waals surface area contributed by atoms with Crippen molar-refractivity contribution in [3.63, 3.8) is 0 Å². The van der Waals surface area contributed by atoms with Crippen LogP contribution in [0.3, 0.4) is 0 Å². The fourth-order valence-electron chi connectivity index (χ4n) is 4.66. The molecule has 0 unspecified atom stereocenters. The van der Waals surface area contributed by atoms with E-state index in [1.165, 1.54) is 12.1 Å². The Morgan fingerprint density at radius 2 is 1.70 bits per heavy atom. The summed E-state index contributed by atoms with van der Waals surface area (Å²) in [6, 6.07) is 21.4. The van der Waals surface area contributed by atoms with Gasteiger partial charge >= 0.3 is 0 Å². The van der Waals surface area contributed by atoms with Crippen LogP contribution in [0.15, 0.2) is 90.3 Å². The van der Waals surface area contributed by atoms with Crippen molar-refractivity contribution in [3.05, 3.63) is 118 Å². The quantitative estimate of drug-likeness (QED) is 0.0830. The van der Waals surface area contributed by atoms with Gasteiger partial charge in [-0.05, 0) is 75.9 Å². The second-order valence-electron chi connectivity index (χ2n) is 9.11. The van der Waals surface area contributed by atoms with Gasteiger partial charge in [0.05, 0.1) is 11.2 Å². The molecule has 5 nitrogen and oxygen atoms in total. The molecule has 0 aliphatic heterocycles. The molecule has 5 N–H and O–H groups in total. The largest absolute Gasteiger partial charge is 0.382 e. The summed E-state index contributed by atoms with van der Waals surface area (Å²) in [5.41, 5.74) is 14.0. The maximum Gasteiger partial charge on any atom is 0.142 e.